The maximum absolute atomic E-state index is 13.7. The van der Waals surface area contributed by atoms with Crippen LogP contribution < -0.4 is 10.1 Å². The summed E-state index contributed by atoms with van der Waals surface area (Å²) in [5.41, 5.74) is -0.354. The average molecular weight is 388 g/mol. The number of methoxy groups -OCH3 is 1. The van der Waals surface area contributed by atoms with Gasteiger partial charge in [-0.2, -0.15) is 0 Å². The number of imide groups is 1. The van der Waals surface area contributed by atoms with Crippen molar-refractivity contribution in [1.29, 1.82) is 0 Å². The van der Waals surface area contributed by atoms with Crippen LogP contribution in [0.2, 0.25) is 0 Å². The molecule has 0 aromatic heterocycles. The summed E-state index contributed by atoms with van der Waals surface area (Å²) in [4.78, 5) is 27.1. The second-order valence-corrected chi connectivity index (χ2v) is 6.79. The Morgan fingerprint density at radius 3 is 2.39 bits per heavy atom. The van der Waals surface area contributed by atoms with Crippen LogP contribution in [0.3, 0.4) is 0 Å². The Morgan fingerprint density at radius 2 is 1.75 bits per heavy atom. The van der Waals surface area contributed by atoms with Gasteiger partial charge in [-0.05, 0) is 42.3 Å². The Kier molecular flexibility index (Phi) is 5.63. The molecular weight excluding hydrogens is 366 g/mol. The van der Waals surface area contributed by atoms with E-state index < -0.39 is 29.1 Å². The van der Waals surface area contributed by atoms with Crippen molar-refractivity contribution < 1.29 is 23.1 Å². The van der Waals surface area contributed by atoms with Crippen LogP contribution in [-0.4, -0.2) is 23.9 Å². The van der Waals surface area contributed by atoms with Crippen LogP contribution in [0.25, 0.3) is 0 Å². The summed E-state index contributed by atoms with van der Waals surface area (Å²) < 4.78 is 32.3. The molecule has 1 aliphatic rings. The molecule has 2 aromatic carbocycles. The van der Waals surface area contributed by atoms with Crippen LogP contribution in [0.15, 0.2) is 42.5 Å². The lowest BCUT2D eigenvalue weighted by atomic mass is 9.84. The van der Waals surface area contributed by atoms with E-state index in [0.717, 1.165) is 11.3 Å². The standard InChI is InChI=1S/C21H22F2N2O3/c1-3-4-11-21(15-5-7-16(22)8-6-15)19(26)25(20(27)24-21)13-14-12-17(23)9-10-18(14)28-2/h5-10,12H,3-4,11,13H2,1-2H3,(H,24,27)/t21-/m0/s1. The van der Waals surface area contributed by atoms with E-state index in [1.54, 1.807) is 0 Å². The minimum atomic E-state index is -1.26. The van der Waals surface area contributed by atoms with Gasteiger partial charge in [0.15, 0.2) is 0 Å². The van der Waals surface area contributed by atoms with E-state index in [4.69, 9.17) is 4.74 Å². The smallest absolute Gasteiger partial charge is 0.325 e. The summed E-state index contributed by atoms with van der Waals surface area (Å²) in [6.07, 6.45) is 1.90. The molecule has 0 unspecified atom stereocenters. The summed E-state index contributed by atoms with van der Waals surface area (Å²) in [6.45, 7) is 1.86. The van der Waals surface area contributed by atoms with Crippen molar-refractivity contribution in [2.45, 2.75) is 38.3 Å². The number of carbonyl (C=O) groups is 2. The fourth-order valence-corrected chi connectivity index (χ4v) is 3.50. The molecule has 28 heavy (non-hydrogen) atoms. The molecule has 1 aliphatic heterocycles. The van der Waals surface area contributed by atoms with Crippen LogP contribution in [-0.2, 0) is 16.9 Å². The van der Waals surface area contributed by atoms with Gasteiger partial charge in [0.2, 0.25) is 0 Å². The number of hydrogen-bond acceptors (Lipinski definition) is 3. The second-order valence-electron chi connectivity index (χ2n) is 6.79. The number of ether oxygens (including phenoxy) is 1. The van der Waals surface area contributed by atoms with E-state index in [1.165, 1.54) is 49.6 Å². The quantitative estimate of drug-likeness (QED) is 0.726. The lowest BCUT2D eigenvalue weighted by Crippen LogP contribution is -2.44. The predicted octanol–water partition coefficient (Wildman–Crippen LogP) is 4.11. The van der Waals surface area contributed by atoms with Gasteiger partial charge in [0.1, 0.15) is 22.9 Å². The second kappa shape index (κ2) is 7.96. The van der Waals surface area contributed by atoms with Crippen molar-refractivity contribution >= 4 is 11.9 Å². The molecule has 1 N–H and O–H groups in total. The van der Waals surface area contributed by atoms with Gasteiger partial charge in [-0.25, -0.2) is 13.6 Å². The number of rotatable bonds is 7. The molecular formula is C21H22F2N2O3. The molecule has 0 saturated carbocycles. The Bertz CT molecular complexity index is 886. The Morgan fingerprint density at radius 1 is 1.07 bits per heavy atom. The Labute approximate surface area is 162 Å². The molecule has 148 valence electrons. The van der Waals surface area contributed by atoms with E-state index in [2.05, 4.69) is 5.32 Å². The highest BCUT2D eigenvalue weighted by atomic mass is 19.1. The van der Waals surface area contributed by atoms with Crippen molar-refractivity contribution in [1.82, 2.24) is 10.2 Å². The van der Waals surface area contributed by atoms with Gasteiger partial charge in [0.25, 0.3) is 5.91 Å². The number of benzene rings is 2. The van der Waals surface area contributed by atoms with Gasteiger partial charge in [-0.3, -0.25) is 9.69 Å². The SMILES string of the molecule is CCCC[C@@]1(c2ccc(F)cc2)NC(=O)N(Cc2cc(F)ccc2OC)C1=O. The molecule has 3 amide bonds. The largest absolute Gasteiger partial charge is 0.496 e. The maximum Gasteiger partial charge on any atom is 0.325 e. The number of amides is 3. The van der Waals surface area contributed by atoms with E-state index >= 15 is 0 Å². The summed E-state index contributed by atoms with van der Waals surface area (Å²) in [6, 6.07) is 8.91. The van der Waals surface area contributed by atoms with Gasteiger partial charge in [-0.1, -0.05) is 31.9 Å². The van der Waals surface area contributed by atoms with Crippen molar-refractivity contribution in [2.75, 3.05) is 7.11 Å². The first-order chi connectivity index (χ1) is 13.4. The molecule has 7 heteroatoms. The van der Waals surface area contributed by atoms with E-state index in [0.29, 0.717) is 29.7 Å². The minimum Gasteiger partial charge on any atom is -0.496 e. The summed E-state index contributed by atoms with van der Waals surface area (Å²) >= 11 is 0. The van der Waals surface area contributed by atoms with Gasteiger partial charge < -0.3 is 10.1 Å². The fraction of sp³-hybridized carbons (Fsp3) is 0.333. The molecule has 1 saturated heterocycles. The number of urea groups is 1. The zero-order valence-corrected chi connectivity index (χ0v) is 15.8. The zero-order chi connectivity index (χ0) is 20.3. The van der Waals surface area contributed by atoms with Crippen LogP contribution in [0.4, 0.5) is 13.6 Å². The fourth-order valence-electron chi connectivity index (χ4n) is 3.50. The molecule has 3 rings (SSSR count). The van der Waals surface area contributed by atoms with Crippen molar-refractivity contribution in [2.24, 2.45) is 0 Å². The molecule has 0 radical (unpaired) electrons. The van der Waals surface area contributed by atoms with Crippen LogP contribution in [0.5, 0.6) is 5.75 Å². The normalized spacial score (nSPS) is 19.1. The highest BCUT2D eigenvalue weighted by Crippen LogP contribution is 2.35. The molecule has 0 bridgehead atoms. The van der Waals surface area contributed by atoms with Crippen LogP contribution in [0, 0.1) is 11.6 Å². The molecule has 0 aliphatic carbocycles. The number of carbonyl (C=O) groups excluding carboxylic acids is 2. The highest BCUT2D eigenvalue weighted by Gasteiger charge is 2.51. The topological polar surface area (TPSA) is 58.6 Å². The summed E-state index contributed by atoms with van der Waals surface area (Å²) in [5.74, 6) is -0.968. The third-order valence-corrected chi connectivity index (χ3v) is 4.99. The average Bonchev–Trinajstić information content (AvgIpc) is 2.92. The van der Waals surface area contributed by atoms with E-state index in [-0.39, 0.29) is 6.54 Å². The molecule has 1 fully saturated rings. The van der Waals surface area contributed by atoms with E-state index in [9.17, 15) is 18.4 Å². The molecule has 0 spiro atoms. The van der Waals surface area contributed by atoms with E-state index in [1.807, 2.05) is 6.92 Å². The summed E-state index contributed by atoms with van der Waals surface area (Å²) in [7, 11) is 1.44. The Hall–Kier alpha value is -2.96. The van der Waals surface area contributed by atoms with Gasteiger partial charge in [0, 0.05) is 5.56 Å². The number of nitrogens with one attached hydrogen (secondary N) is 1. The monoisotopic (exact) mass is 388 g/mol. The number of hydrogen-bond donors (Lipinski definition) is 1. The lowest BCUT2D eigenvalue weighted by molar-refractivity contribution is -0.132. The first-order valence-electron chi connectivity index (χ1n) is 9.14. The summed E-state index contributed by atoms with van der Waals surface area (Å²) in [5, 5.41) is 2.79. The Balaban J connectivity index is 1.97. The van der Waals surface area contributed by atoms with Crippen LogP contribution in [0.1, 0.15) is 37.3 Å². The maximum atomic E-state index is 13.7. The zero-order valence-electron chi connectivity index (χ0n) is 15.8. The highest BCUT2D eigenvalue weighted by molar-refractivity contribution is 6.07. The lowest BCUT2D eigenvalue weighted by Gasteiger charge is -2.27. The van der Waals surface area contributed by atoms with Crippen LogP contribution >= 0.6 is 0 Å². The first kappa shape index (κ1) is 19.8. The molecule has 5 nitrogen and oxygen atoms in total. The first-order valence-corrected chi connectivity index (χ1v) is 9.14. The van der Waals surface area contributed by atoms with Gasteiger partial charge >= 0.3 is 6.03 Å². The third-order valence-electron chi connectivity index (χ3n) is 4.99. The van der Waals surface area contributed by atoms with Crippen molar-refractivity contribution in [3.63, 3.8) is 0 Å². The number of unbranched alkanes of at least 4 members (excludes halogenated alkanes) is 1. The van der Waals surface area contributed by atoms with Crippen molar-refractivity contribution in [3.05, 3.63) is 65.2 Å². The predicted molar refractivity (Wildman–Crippen MR) is 99.6 cm³/mol. The molecule has 1 heterocycles. The molecule has 2 aromatic rings. The number of halogens is 2. The van der Waals surface area contributed by atoms with Gasteiger partial charge in [-0.15, -0.1) is 0 Å². The molecule has 1 atom stereocenters. The van der Waals surface area contributed by atoms with Gasteiger partial charge in [0.05, 0.1) is 13.7 Å². The minimum absolute atomic E-state index is 0.124. The number of nitrogens with zero attached hydrogens (tertiary/aromatic N) is 1. The van der Waals surface area contributed by atoms with Crippen molar-refractivity contribution in [3.8, 4) is 5.75 Å². The third kappa shape index (κ3) is 3.56.